The van der Waals surface area contributed by atoms with Crippen LogP contribution in [-0.2, 0) is 14.3 Å². The Bertz CT molecular complexity index is 740. The van der Waals surface area contributed by atoms with Crippen molar-refractivity contribution in [3.63, 3.8) is 0 Å². The summed E-state index contributed by atoms with van der Waals surface area (Å²) in [6.45, 7) is 0.798. The van der Waals surface area contributed by atoms with Crippen LogP contribution in [0.3, 0.4) is 0 Å². The van der Waals surface area contributed by atoms with E-state index in [2.05, 4.69) is 10.3 Å². The summed E-state index contributed by atoms with van der Waals surface area (Å²) in [5, 5.41) is 12.5. The minimum absolute atomic E-state index is 0.107. The summed E-state index contributed by atoms with van der Waals surface area (Å²) < 4.78 is 11.7. The number of nitrogens with one attached hydrogen (secondary N) is 2. The van der Waals surface area contributed by atoms with Crippen molar-refractivity contribution in [2.24, 2.45) is 5.73 Å². The van der Waals surface area contributed by atoms with Crippen LogP contribution < -0.4 is 22.3 Å². The number of carbonyl (C=O) groups excluding carboxylic acids is 1. The van der Waals surface area contributed by atoms with Gasteiger partial charge in [0.2, 0.25) is 5.91 Å². The molecule has 3 atom stereocenters. The van der Waals surface area contributed by atoms with Gasteiger partial charge in [0.25, 0.3) is 5.56 Å². The lowest BCUT2D eigenvalue weighted by atomic mass is 10.2. The molecule has 25 heavy (non-hydrogen) atoms. The maximum absolute atomic E-state index is 12.0. The lowest BCUT2D eigenvalue weighted by molar-refractivity contribution is -0.116. The molecule has 0 bridgehead atoms. The molecule has 0 unspecified atom stereocenters. The molecule has 1 aliphatic heterocycles. The number of methoxy groups -OCH3 is 1. The average molecular weight is 354 g/mol. The number of nitrogens with two attached hydrogens (primary N) is 1. The molecule has 0 aliphatic carbocycles. The number of amides is 1. The van der Waals surface area contributed by atoms with Crippen LogP contribution in [0.4, 0.5) is 0 Å². The molecule has 1 saturated heterocycles. The second kappa shape index (κ2) is 8.72. The van der Waals surface area contributed by atoms with Gasteiger partial charge in [-0.1, -0.05) is 0 Å². The first-order valence-electron chi connectivity index (χ1n) is 7.80. The summed E-state index contributed by atoms with van der Waals surface area (Å²) in [6, 6.07) is 0. The number of nitrogens with zero attached hydrogens (tertiary/aromatic N) is 1. The molecule has 0 saturated carbocycles. The molecule has 10 heteroatoms. The van der Waals surface area contributed by atoms with Crippen molar-refractivity contribution in [2.45, 2.75) is 24.9 Å². The monoisotopic (exact) mass is 354 g/mol. The normalized spacial score (nSPS) is 23.2. The molecule has 0 spiro atoms. The van der Waals surface area contributed by atoms with Gasteiger partial charge in [-0.2, -0.15) is 0 Å². The van der Waals surface area contributed by atoms with Crippen molar-refractivity contribution in [3.05, 3.63) is 38.7 Å². The highest BCUT2D eigenvalue weighted by Gasteiger charge is 2.35. The summed E-state index contributed by atoms with van der Waals surface area (Å²) in [6.07, 6.45) is 1.85. The first-order valence-corrected chi connectivity index (χ1v) is 7.80. The number of aromatic amines is 1. The summed E-state index contributed by atoms with van der Waals surface area (Å²) in [4.78, 5) is 37.6. The van der Waals surface area contributed by atoms with Gasteiger partial charge < -0.3 is 25.6 Å². The molecule has 1 fully saturated rings. The lowest BCUT2D eigenvalue weighted by Crippen LogP contribution is -2.33. The van der Waals surface area contributed by atoms with Crippen LogP contribution in [0.25, 0.3) is 6.08 Å². The van der Waals surface area contributed by atoms with E-state index in [9.17, 15) is 19.5 Å². The second-order valence-corrected chi connectivity index (χ2v) is 5.55. The van der Waals surface area contributed by atoms with E-state index in [0.29, 0.717) is 13.1 Å². The predicted octanol–water partition coefficient (Wildman–Crippen LogP) is -2.08. The minimum Gasteiger partial charge on any atom is -0.390 e. The zero-order chi connectivity index (χ0) is 18.4. The summed E-state index contributed by atoms with van der Waals surface area (Å²) >= 11 is 0. The third-order valence-electron chi connectivity index (χ3n) is 3.70. The number of aliphatic hydroxyl groups excluding tert-OH is 1. The molecular weight excluding hydrogens is 332 g/mol. The van der Waals surface area contributed by atoms with E-state index in [1.165, 1.54) is 30.0 Å². The molecule has 2 heterocycles. The van der Waals surface area contributed by atoms with Crippen LogP contribution in [-0.4, -0.2) is 59.6 Å². The zero-order valence-corrected chi connectivity index (χ0v) is 13.8. The molecule has 0 radical (unpaired) electrons. The molecule has 1 aromatic rings. The van der Waals surface area contributed by atoms with Crippen molar-refractivity contribution in [3.8, 4) is 0 Å². The summed E-state index contributed by atoms with van der Waals surface area (Å²) in [5.41, 5.74) is 4.10. The van der Waals surface area contributed by atoms with Gasteiger partial charge in [-0.15, -0.1) is 0 Å². The molecule has 1 aliphatic rings. The largest absolute Gasteiger partial charge is 0.390 e. The van der Waals surface area contributed by atoms with Crippen LogP contribution in [0.5, 0.6) is 0 Å². The van der Waals surface area contributed by atoms with E-state index >= 15 is 0 Å². The van der Waals surface area contributed by atoms with E-state index in [0.717, 1.165) is 0 Å². The van der Waals surface area contributed by atoms with E-state index in [1.807, 2.05) is 0 Å². The number of aromatic nitrogens is 2. The Kier molecular flexibility index (Phi) is 6.65. The van der Waals surface area contributed by atoms with Gasteiger partial charge in [0, 0.05) is 38.9 Å². The summed E-state index contributed by atoms with van der Waals surface area (Å²) in [5.74, 6) is -0.407. The van der Waals surface area contributed by atoms with E-state index in [4.69, 9.17) is 15.2 Å². The number of H-pyrrole nitrogens is 1. The van der Waals surface area contributed by atoms with Gasteiger partial charge >= 0.3 is 5.69 Å². The standard InChI is InChI=1S/C15H22N4O6/c1-24-8-11-10(20)6-13(25-11)19-7-9(14(22)18-15(19)23)2-3-12(21)17-5-4-16/h2-3,7,10-11,13,20H,4-6,8,16H2,1H3,(H,17,21)(H,18,22,23)/t10-,11+,13+/m0/s1. The molecule has 2 rings (SSSR count). The third-order valence-corrected chi connectivity index (χ3v) is 3.70. The Labute approximate surface area is 143 Å². The lowest BCUT2D eigenvalue weighted by Gasteiger charge is -2.15. The highest BCUT2D eigenvalue weighted by atomic mass is 16.6. The quantitative estimate of drug-likeness (QED) is 0.411. The summed E-state index contributed by atoms with van der Waals surface area (Å²) in [7, 11) is 1.48. The molecule has 10 nitrogen and oxygen atoms in total. The first-order chi connectivity index (χ1) is 12.0. The molecule has 138 valence electrons. The molecule has 0 aromatic carbocycles. The topological polar surface area (TPSA) is 149 Å². The van der Waals surface area contributed by atoms with Crippen LogP contribution in [0.15, 0.2) is 21.9 Å². The van der Waals surface area contributed by atoms with Crippen LogP contribution >= 0.6 is 0 Å². The van der Waals surface area contributed by atoms with E-state index in [1.54, 1.807) is 0 Å². The highest BCUT2D eigenvalue weighted by Crippen LogP contribution is 2.27. The predicted molar refractivity (Wildman–Crippen MR) is 88.8 cm³/mol. The van der Waals surface area contributed by atoms with Gasteiger partial charge in [-0.25, -0.2) is 4.79 Å². The Morgan fingerprint density at radius 2 is 2.36 bits per heavy atom. The zero-order valence-electron chi connectivity index (χ0n) is 13.8. The van der Waals surface area contributed by atoms with Gasteiger partial charge in [-0.3, -0.25) is 19.1 Å². The number of aliphatic hydroxyl groups is 1. The maximum Gasteiger partial charge on any atom is 0.330 e. The van der Waals surface area contributed by atoms with E-state index < -0.39 is 35.6 Å². The van der Waals surface area contributed by atoms with Gasteiger partial charge in [-0.05, 0) is 6.08 Å². The highest BCUT2D eigenvalue weighted by molar-refractivity contribution is 5.91. The van der Waals surface area contributed by atoms with Gasteiger partial charge in [0.15, 0.2) is 0 Å². The van der Waals surface area contributed by atoms with Crippen molar-refractivity contribution >= 4 is 12.0 Å². The number of rotatable bonds is 7. The average Bonchev–Trinajstić information content (AvgIpc) is 2.93. The fraction of sp³-hybridized carbons (Fsp3) is 0.533. The minimum atomic E-state index is -0.787. The van der Waals surface area contributed by atoms with Crippen molar-refractivity contribution in [1.82, 2.24) is 14.9 Å². The fourth-order valence-corrected chi connectivity index (χ4v) is 2.45. The third kappa shape index (κ3) is 4.86. The number of hydrogen-bond donors (Lipinski definition) is 4. The van der Waals surface area contributed by atoms with Crippen LogP contribution in [0.1, 0.15) is 18.2 Å². The smallest absolute Gasteiger partial charge is 0.330 e. The van der Waals surface area contributed by atoms with Gasteiger partial charge in [0.05, 0.1) is 18.3 Å². The van der Waals surface area contributed by atoms with E-state index in [-0.39, 0.29) is 18.6 Å². The maximum atomic E-state index is 12.0. The van der Waals surface area contributed by atoms with Crippen LogP contribution in [0.2, 0.25) is 0 Å². The molecule has 5 N–H and O–H groups in total. The van der Waals surface area contributed by atoms with Gasteiger partial charge in [0.1, 0.15) is 12.3 Å². The molecule has 1 aromatic heterocycles. The molecule has 1 amide bonds. The SMILES string of the molecule is COC[C@H]1O[C@@H](n2cc(C=CC(=O)NCCN)c(=O)[nH]c2=O)C[C@@H]1O. The second-order valence-electron chi connectivity index (χ2n) is 5.55. The number of carbonyl (C=O) groups is 1. The number of hydrogen-bond acceptors (Lipinski definition) is 7. The Hall–Kier alpha value is -2.27. The molecular formula is C15H22N4O6. The number of ether oxygens (including phenoxy) is 2. The Balaban J connectivity index is 2.21. The van der Waals surface area contributed by atoms with Crippen molar-refractivity contribution in [1.29, 1.82) is 0 Å². The van der Waals surface area contributed by atoms with Crippen LogP contribution in [0, 0.1) is 0 Å². The first kappa shape index (κ1) is 19.1. The van der Waals surface area contributed by atoms with Crippen molar-refractivity contribution in [2.75, 3.05) is 26.8 Å². The Morgan fingerprint density at radius 3 is 3.04 bits per heavy atom. The van der Waals surface area contributed by atoms with Crippen molar-refractivity contribution < 1.29 is 19.4 Å². The Morgan fingerprint density at radius 1 is 1.60 bits per heavy atom. The fourth-order valence-electron chi connectivity index (χ4n) is 2.45.